The van der Waals surface area contributed by atoms with Gasteiger partial charge in [-0.05, 0) is 23.3 Å². The molecule has 2 aromatic rings. The van der Waals surface area contributed by atoms with Crippen LogP contribution in [-0.4, -0.2) is 36.9 Å². The minimum Gasteiger partial charge on any atom is -0.497 e. The standard InChI is InChI=1S/C21H26N2O3/c1-4-20(24)23(15-17-11-8-12-18(13-17)26-3)19(21(25)22-2)14-16-9-6-5-7-10-16/h5-13,19H,4,14-15H2,1-3H3,(H,22,25)/t19-/m1/s1. The molecular weight excluding hydrogens is 328 g/mol. The number of hydrogen-bond donors (Lipinski definition) is 1. The number of nitrogens with one attached hydrogen (secondary N) is 1. The average Bonchev–Trinajstić information content (AvgIpc) is 2.70. The lowest BCUT2D eigenvalue weighted by atomic mass is 10.0. The van der Waals surface area contributed by atoms with E-state index in [2.05, 4.69) is 5.32 Å². The number of likely N-dealkylation sites (N-methyl/N-ethyl adjacent to an activating group) is 1. The first-order valence-electron chi connectivity index (χ1n) is 8.77. The Hall–Kier alpha value is -2.82. The van der Waals surface area contributed by atoms with Crippen LogP contribution in [0.1, 0.15) is 24.5 Å². The molecule has 0 aliphatic carbocycles. The van der Waals surface area contributed by atoms with E-state index in [-0.39, 0.29) is 11.8 Å². The molecule has 0 aromatic heterocycles. The van der Waals surface area contributed by atoms with Crippen LogP contribution in [0.15, 0.2) is 54.6 Å². The highest BCUT2D eigenvalue weighted by Crippen LogP contribution is 2.18. The fourth-order valence-corrected chi connectivity index (χ4v) is 2.89. The zero-order valence-corrected chi connectivity index (χ0v) is 15.6. The van der Waals surface area contributed by atoms with Gasteiger partial charge in [-0.2, -0.15) is 0 Å². The van der Waals surface area contributed by atoms with E-state index in [4.69, 9.17) is 4.74 Å². The zero-order valence-electron chi connectivity index (χ0n) is 15.6. The number of hydrogen-bond acceptors (Lipinski definition) is 3. The van der Waals surface area contributed by atoms with Gasteiger partial charge in [0.15, 0.2) is 0 Å². The molecule has 2 aromatic carbocycles. The molecule has 0 heterocycles. The molecule has 0 fully saturated rings. The molecule has 0 saturated carbocycles. The van der Waals surface area contributed by atoms with Crippen LogP contribution in [0.2, 0.25) is 0 Å². The molecule has 2 amide bonds. The summed E-state index contributed by atoms with van der Waals surface area (Å²) in [6, 6.07) is 16.7. The second-order valence-corrected chi connectivity index (χ2v) is 6.05. The van der Waals surface area contributed by atoms with Crippen LogP contribution >= 0.6 is 0 Å². The summed E-state index contributed by atoms with van der Waals surface area (Å²) in [4.78, 5) is 26.9. The molecule has 26 heavy (non-hydrogen) atoms. The summed E-state index contributed by atoms with van der Waals surface area (Å²) in [6.45, 7) is 2.17. The van der Waals surface area contributed by atoms with Gasteiger partial charge in [-0.15, -0.1) is 0 Å². The Bertz CT molecular complexity index is 731. The maximum Gasteiger partial charge on any atom is 0.242 e. The van der Waals surface area contributed by atoms with Crippen molar-refractivity contribution in [1.82, 2.24) is 10.2 Å². The quantitative estimate of drug-likeness (QED) is 0.793. The van der Waals surface area contributed by atoms with Crippen LogP contribution in [0.4, 0.5) is 0 Å². The lowest BCUT2D eigenvalue weighted by molar-refractivity contribution is -0.140. The lowest BCUT2D eigenvalue weighted by Crippen LogP contribution is -2.49. The van der Waals surface area contributed by atoms with Crippen LogP contribution in [0.3, 0.4) is 0 Å². The largest absolute Gasteiger partial charge is 0.497 e. The Morgan fingerprint density at radius 2 is 1.77 bits per heavy atom. The van der Waals surface area contributed by atoms with Crippen molar-refractivity contribution in [2.45, 2.75) is 32.4 Å². The van der Waals surface area contributed by atoms with Crippen LogP contribution in [0.5, 0.6) is 5.75 Å². The van der Waals surface area contributed by atoms with Gasteiger partial charge in [0.1, 0.15) is 11.8 Å². The van der Waals surface area contributed by atoms with Gasteiger partial charge < -0.3 is 15.0 Å². The highest BCUT2D eigenvalue weighted by molar-refractivity contribution is 5.87. The van der Waals surface area contributed by atoms with Crippen LogP contribution in [0, 0.1) is 0 Å². The number of carbonyl (C=O) groups is 2. The zero-order chi connectivity index (χ0) is 18.9. The normalized spacial score (nSPS) is 11.5. The number of ether oxygens (including phenoxy) is 1. The third kappa shape index (κ3) is 5.09. The second-order valence-electron chi connectivity index (χ2n) is 6.05. The van der Waals surface area contributed by atoms with Gasteiger partial charge >= 0.3 is 0 Å². The SMILES string of the molecule is CCC(=O)N(Cc1cccc(OC)c1)[C@H](Cc1ccccc1)C(=O)NC. The second kappa shape index (κ2) is 9.61. The minimum atomic E-state index is -0.568. The van der Waals surface area contributed by atoms with Crippen LogP contribution < -0.4 is 10.1 Å². The van der Waals surface area contributed by atoms with E-state index >= 15 is 0 Å². The molecule has 5 nitrogen and oxygen atoms in total. The summed E-state index contributed by atoms with van der Waals surface area (Å²) in [7, 11) is 3.21. The maximum absolute atomic E-state index is 12.6. The molecule has 0 aliphatic heterocycles. The first kappa shape index (κ1) is 19.5. The van der Waals surface area contributed by atoms with Crippen molar-refractivity contribution in [3.63, 3.8) is 0 Å². The fraction of sp³-hybridized carbons (Fsp3) is 0.333. The summed E-state index contributed by atoms with van der Waals surface area (Å²) in [6.07, 6.45) is 0.808. The molecule has 1 N–H and O–H groups in total. The molecular formula is C21H26N2O3. The minimum absolute atomic E-state index is 0.0580. The Balaban J connectivity index is 2.32. The Morgan fingerprint density at radius 3 is 2.38 bits per heavy atom. The predicted octanol–water partition coefficient (Wildman–Crippen LogP) is 2.79. The van der Waals surface area contributed by atoms with Crippen LogP contribution in [-0.2, 0) is 22.6 Å². The number of methoxy groups -OCH3 is 1. The number of amides is 2. The maximum atomic E-state index is 12.6. The molecule has 0 radical (unpaired) electrons. The van der Waals surface area contributed by atoms with Crippen molar-refractivity contribution >= 4 is 11.8 Å². The van der Waals surface area contributed by atoms with Crippen molar-refractivity contribution in [3.05, 3.63) is 65.7 Å². The number of benzene rings is 2. The van der Waals surface area contributed by atoms with E-state index in [1.165, 1.54) is 0 Å². The van der Waals surface area contributed by atoms with Crippen molar-refractivity contribution in [3.8, 4) is 5.75 Å². The third-order valence-corrected chi connectivity index (χ3v) is 4.31. The Labute approximate surface area is 155 Å². The van der Waals surface area contributed by atoms with Crippen molar-refractivity contribution in [1.29, 1.82) is 0 Å². The molecule has 2 rings (SSSR count). The van der Waals surface area contributed by atoms with Gasteiger partial charge in [-0.25, -0.2) is 0 Å². The van der Waals surface area contributed by atoms with Crippen molar-refractivity contribution in [2.24, 2.45) is 0 Å². The summed E-state index contributed by atoms with van der Waals surface area (Å²) < 4.78 is 5.27. The summed E-state index contributed by atoms with van der Waals surface area (Å²) in [5.41, 5.74) is 1.94. The van der Waals surface area contributed by atoms with Gasteiger partial charge in [0.05, 0.1) is 7.11 Å². The van der Waals surface area contributed by atoms with Gasteiger partial charge in [0, 0.05) is 26.4 Å². The van der Waals surface area contributed by atoms with E-state index in [0.29, 0.717) is 19.4 Å². The van der Waals surface area contributed by atoms with E-state index in [9.17, 15) is 9.59 Å². The molecule has 1 atom stereocenters. The molecule has 0 saturated heterocycles. The molecule has 0 unspecified atom stereocenters. The molecule has 5 heteroatoms. The van der Waals surface area contributed by atoms with Gasteiger partial charge in [-0.3, -0.25) is 9.59 Å². The molecule has 0 spiro atoms. The van der Waals surface area contributed by atoms with Gasteiger partial charge in [0.2, 0.25) is 11.8 Å². The number of rotatable bonds is 8. The van der Waals surface area contributed by atoms with Crippen molar-refractivity contribution < 1.29 is 14.3 Å². The smallest absolute Gasteiger partial charge is 0.242 e. The summed E-state index contributed by atoms with van der Waals surface area (Å²) in [5.74, 6) is 0.502. The first-order valence-corrected chi connectivity index (χ1v) is 8.77. The number of nitrogens with zero attached hydrogens (tertiary/aromatic N) is 1. The highest BCUT2D eigenvalue weighted by atomic mass is 16.5. The Kier molecular flexibility index (Phi) is 7.21. The lowest BCUT2D eigenvalue weighted by Gasteiger charge is -2.31. The monoisotopic (exact) mass is 354 g/mol. The van der Waals surface area contributed by atoms with Gasteiger partial charge in [0.25, 0.3) is 0 Å². The van der Waals surface area contributed by atoms with Crippen LogP contribution in [0.25, 0.3) is 0 Å². The van der Waals surface area contributed by atoms with E-state index in [0.717, 1.165) is 16.9 Å². The van der Waals surface area contributed by atoms with E-state index in [1.807, 2.05) is 61.5 Å². The molecule has 0 aliphatic rings. The third-order valence-electron chi connectivity index (χ3n) is 4.31. The Morgan fingerprint density at radius 1 is 1.08 bits per heavy atom. The first-order chi connectivity index (χ1) is 12.6. The average molecular weight is 354 g/mol. The summed E-state index contributed by atoms with van der Waals surface area (Å²) in [5, 5.41) is 2.70. The predicted molar refractivity (Wildman–Crippen MR) is 102 cm³/mol. The highest BCUT2D eigenvalue weighted by Gasteiger charge is 2.28. The fourth-order valence-electron chi connectivity index (χ4n) is 2.89. The number of carbonyl (C=O) groups excluding carboxylic acids is 2. The molecule has 0 bridgehead atoms. The van der Waals surface area contributed by atoms with E-state index < -0.39 is 6.04 Å². The van der Waals surface area contributed by atoms with E-state index in [1.54, 1.807) is 19.1 Å². The van der Waals surface area contributed by atoms with Crippen molar-refractivity contribution in [2.75, 3.05) is 14.2 Å². The van der Waals surface area contributed by atoms with Gasteiger partial charge in [-0.1, -0.05) is 49.4 Å². The summed E-state index contributed by atoms with van der Waals surface area (Å²) >= 11 is 0. The molecule has 138 valence electrons. The topological polar surface area (TPSA) is 58.6 Å².